The van der Waals surface area contributed by atoms with Crippen molar-refractivity contribution in [3.63, 3.8) is 0 Å². The predicted octanol–water partition coefficient (Wildman–Crippen LogP) is 0.891. The average molecular weight is 524 g/mol. The first kappa shape index (κ1) is 27.7. The number of benzene rings is 1. The Morgan fingerprint density at radius 1 is 1.18 bits per heavy atom. The summed E-state index contributed by atoms with van der Waals surface area (Å²) in [5.74, 6) is -0.738. The minimum atomic E-state index is -1.17. The fourth-order valence-corrected chi connectivity index (χ4v) is 5.23. The van der Waals surface area contributed by atoms with Crippen LogP contribution in [0.15, 0.2) is 54.7 Å². The van der Waals surface area contributed by atoms with Crippen LogP contribution < -0.4 is 11.1 Å². The van der Waals surface area contributed by atoms with Gasteiger partial charge >= 0.3 is 0 Å². The van der Waals surface area contributed by atoms with E-state index in [1.165, 1.54) is 0 Å². The first-order valence-corrected chi connectivity index (χ1v) is 12.9. The maximum Gasteiger partial charge on any atom is 0.247 e. The molecule has 1 aromatic carbocycles. The standard InChI is InChI=1S/C28H37N5O5/c1-27(2,29)26(36)31-22(18-38-17-20-9-5-4-6-10-20)25(35)32-13-14-33-24(34)15-23(37-3)28(33,19-32)16-21-11-7-8-12-30-21/h4-12,22-23H,13-19,29H2,1-3H3,(H,31,36)/t22-,23?,28?/m1/s1. The Labute approximate surface area is 223 Å². The van der Waals surface area contributed by atoms with Crippen LogP contribution in [-0.2, 0) is 36.9 Å². The lowest BCUT2D eigenvalue weighted by atomic mass is 9.85. The van der Waals surface area contributed by atoms with Crippen molar-refractivity contribution in [2.24, 2.45) is 5.73 Å². The van der Waals surface area contributed by atoms with Crippen LogP contribution in [0, 0.1) is 0 Å². The first-order valence-electron chi connectivity index (χ1n) is 12.9. The van der Waals surface area contributed by atoms with Gasteiger partial charge in [-0.1, -0.05) is 36.4 Å². The van der Waals surface area contributed by atoms with Crippen LogP contribution in [0.4, 0.5) is 0 Å². The Morgan fingerprint density at radius 3 is 2.58 bits per heavy atom. The fraction of sp³-hybridized carbons (Fsp3) is 0.500. The predicted molar refractivity (Wildman–Crippen MR) is 141 cm³/mol. The number of fused-ring (bicyclic) bond motifs is 1. The van der Waals surface area contributed by atoms with Gasteiger partial charge in [0.15, 0.2) is 0 Å². The summed E-state index contributed by atoms with van der Waals surface area (Å²) in [6.45, 7) is 4.40. The molecule has 0 bridgehead atoms. The maximum absolute atomic E-state index is 13.9. The van der Waals surface area contributed by atoms with E-state index in [9.17, 15) is 14.4 Å². The Hall–Kier alpha value is -3.34. The van der Waals surface area contributed by atoms with E-state index >= 15 is 0 Å². The summed E-state index contributed by atoms with van der Waals surface area (Å²) in [4.78, 5) is 47.6. The molecule has 4 rings (SSSR count). The Kier molecular flexibility index (Phi) is 8.44. The molecular formula is C28H37N5O5. The molecule has 10 nitrogen and oxygen atoms in total. The molecule has 3 amide bonds. The summed E-state index contributed by atoms with van der Waals surface area (Å²) < 4.78 is 11.7. The first-order chi connectivity index (χ1) is 18.1. The summed E-state index contributed by atoms with van der Waals surface area (Å²) in [6.07, 6.45) is 2.00. The van der Waals surface area contributed by atoms with Gasteiger partial charge in [0.25, 0.3) is 0 Å². The molecular weight excluding hydrogens is 486 g/mol. The summed E-state index contributed by atoms with van der Waals surface area (Å²) in [6, 6.07) is 14.3. The second-order valence-corrected chi connectivity index (χ2v) is 10.6. The molecule has 2 aliphatic heterocycles. The highest BCUT2D eigenvalue weighted by Crippen LogP contribution is 2.38. The van der Waals surface area contributed by atoms with Gasteiger partial charge in [-0.2, -0.15) is 0 Å². The van der Waals surface area contributed by atoms with Gasteiger partial charge in [-0.25, -0.2) is 0 Å². The van der Waals surface area contributed by atoms with Gasteiger partial charge in [0.05, 0.1) is 36.8 Å². The number of piperazine rings is 1. The normalized spacial score (nSPS) is 22.2. The smallest absolute Gasteiger partial charge is 0.247 e. The van der Waals surface area contributed by atoms with E-state index in [-0.39, 0.29) is 31.4 Å². The molecule has 2 aliphatic rings. The molecule has 3 heterocycles. The van der Waals surface area contributed by atoms with Gasteiger partial charge < -0.3 is 30.3 Å². The van der Waals surface area contributed by atoms with Gasteiger partial charge in [-0.05, 0) is 31.5 Å². The third-order valence-electron chi connectivity index (χ3n) is 7.25. The van der Waals surface area contributed by atoms with Crippen LogP contribution in [0.3, 0.4) is 0 Å². The number of methoxy groups -OCH3 is 1. The van der Waals surface area contributed by atoms with Crippen molar-refractivity contribution in [1.29, 1.82) is 0 Å². The van der Waals surface area contributed by atoms with E-state index in [1.807, 2.05) is 53.4 Å². The zero-order chi connectivity index (χ0) is 27.3. The number of carbonyl (C=O) groups is 3. The van der Waals surface area contributed by atoms with Crippen LogP contribution in [0.25, 0.3) is 0 Å². The molecule has 0 spiro atoms. The number of amides is 3. The number of nitrogens with two attached hydrogens (primary N) is 1. The van der Waals surface area contributed by atoms with Crippen molar-refractivity contribution in [3.05, 3.63) is 66.0 Å². The second kappa shape index (κ2) is 11.6. The number of nitrogens with zero attached hydrogens (tertiary/aromatic N) is 3. The lowest BCUT2D eigenvalue weighted by molar-refractivity contribution is -0.149. The molecule has 2 unspecified atom stereocenters. The van der Waals surface area contributed by atoms with E-state index in [0.29, 0.717) is 26.1 Å². The number of nitrogens with one attached hydrogen (secondary N) is 1. The third-order valence-corrected chi connectivity index (χ3v) is 7.25. The zero-order valence-electron chi connectivity index (χ0n) is 22.3. The molecule has 3 atom stereocenters. The number of hydrogen-bond donors (Lipinski definition) is 2. The second-order valence-electron chi connectivity index (χ2n) is 10.6. The van der Waals surface area contributed by atoms with Crippen molar-refractivity contribution in [2.45, 2.75) is 56.5 Å². The number of ether oxygens (including phenoxy) is 2. The summed E-state index contributed by atoms with van der Waals surface area (Å²) in [5, 5.41) is 2.79. The monoisotopic (exact) mass is 523 g/mol. The molecule has 2 saturated heterocycles. The number of aromatic nitrogens is 1. The number of pyridine rings is 1. The average Bonchev–Trinajstić information content (AvgIpc) is 3.18. The minimum absolute atomic E-state index is 0.000749. The van der Waals surface area contributed by atoms with Gasteiger partial charge in [0, 0.05) is 45.1 Å². The highest BCUT2D eigenvalue weighted by molar-refractivity contribution is 5.92. The molecule has 2 fully saturated rings. The molecule has 38 heavy (non-hydrogen) atoms. The zero-order valence-corrected chi connectivity index (χ0v) is 22.3. The van der Waals surface area contributed by atoms with E-state index in [2.05, 4.69) is 10.3 Å². The van der Waals surface area contributed by atoms with Gasteiger partial charge in [-0.3, -0.25) is 19.4 Å². The van der Waals surface area contributed by atoms with E-state index in [1.54, 1.807) is 32.1 Å². The molecule has 10 heteroatoms. The Morgan fingerprint density at radius 2 is 1.92 bits per heavy atom. The van der Waals surface area contributed by atoms with Crippen LogP contribution in [0.1, 0.15) is 31.5 Å². The molecule has 0 aliphatic carbocycles. The van der Waals surface area contributed by atoms with Crippen molar-refractivity contribution in [2.75, 3.05) is 33.4 Å². The van der Waals surface area contributed by atoms with Crippen molar-refractivity contribution >= 4 is 17.7 Å². The van der Waals surface area contributed by atoms with Crippen LogP contribution in [-0.4, -0.2) is 89.1 Å². The van der Waals surface area contributed by atoms with Crippen molar-refractivity contribution in [3.8, 4) is 0 Å². The number of rotatable bonds is 10. The quantitative estimate of drug-likeness (QED) is 0.474. The van der Waals surface area contributed by atoms with Gasteiger partial charge in [0.1, 0.15) is 6.04 Å². The largest absolute Gasteiger partial charge is 0.378 e. The molecule has 3 N–H and O–H groups in total. The summed E-state index contributed by atoms with van der Waals surface area (Å²) >= 11 is 0. The number of carbonyl (C=O) groups excluding carboxylic acids is 3. The third kappa shape index (κ3) is 6.03. The fourth-order valence-electron chi connectivity index (χ4n) is 5.23. The summed E-state index contributed by atoms with van der Waals surface area (Å²) in [7, 11) is 1.59. The van der Waals surface area contributed by atoms with Crippen molar-refractivity contribution in [1.82, 2.24) is 20.1 Å². The van der Waals surface area contributed by atoms with Crippen LogP contribution in [0.2, 0.25) is 0 Å². The molecule has 1 aromatic heterocycles. The Bertz CT molecular complexity index is 1120. The maximum atomic E-state index is 13.9. The van der Waals surface area contributed by atoms with Gasteiger partial charge in [0.2, 0.25) is 17.7 Å². The van der Waals surface area contributed by atoms with E-state index in [4.69, 9.17) is 15.2 Å². The SMILES string of the molecule is COC1CC(=O)N2CCN(C(=O)[C@@H](COCc3ccccc3)NC(=O)C(C)(C)N)CC12Cc1ccccn1. The molecule has 0 radical (unpaired) electrons. The molecule has 204 valence electrons. The topological polar surface area (TPSA) is 127 Å². The van der Waals surface area contributed by atoms with Crippen LogP contribution >= 0.6 is 0 Å². The lowest BCUT2D eigenvalue weighted by Gasteiger charge is -2.49. The highest BCUT2D eigenvalue weighted by atomic mass is 16.5. The number of hydrogen-bond acceptors (Lipinski definition) is 7. The van der Waals surface area contributed by atoms with Crippen molar-refractivity contribution < 1.29 is 23.9 Å². The Balaban J connectivity index is 1.56. The summed E-state index contributed by atoms with van der Waals surface area (Å²) in [5.41, 5.74) is 5.84. The van der Waals surface area contributed by atoms with Gasteiger partial charge in [-0.15, -0.1) is 0 Å². The minimum Gasteiger partial charge on any atom is -0.378 e. The van der Waals surface area contributed by atoms with E-state index < -0.39 is 29.1 Å². The van der Waals surface area contributed by atoms with Crippen LogP contribution in [0.5, 0.6) is 0 Å². The van der Waals surface area contributed by atoms with E-state index in [0.717, 1.165) is 11.3 Å². The molecule has 2 aromatic rings. The highest BCUT2D eigenvalue weighted by Gasteiger charge is 2.56. The lowest BCUT2D eigenvalue weighted by Crippen LogP contribution is -2.68. The molecule has 0 saturated carbocycles.